The molecular formula is C12H14O2. The molecule has 1 aromatic rings. The normalized spacial score (nSPS) is 10.4. The van der Waals surface area contributed by atoms with Crippen molar-refractivity contribution in [2.24, 2.45) is 0 Å². The summed E-state index contributed by atoms with van der Waals surface area (Å²) < 4.78 is 4.49. The van der Waals surface area contributed by atoms with Crippen molar-refractivity contribution < 1.29 is 9.53 Å². The van der Waals surface area contributed by atoms with E-state index in [1.165, 1.54) is 24.3 Å². The molecule has 0 radical (unpaired) electrons. The largest absolute Gasteiger partial charge is 0.466 e. The van der Waals surface area contributed by atoms with Crippen molar-refractivity contribution >= 4 is 5.97 Å². The standard InChI is InChI=1S/C12H14O2/c1-10-5-3-6-11(9-10)7-4-8-12(13)14-2/h3-6,8-9H,7H2,1-2H3/b8-4-. The Balaban J connectivity index is 2.53. The highest BCUT2D eigenvalue weighted by Gasteiger charge is 1.92. The van der Waals surface area contributed by atoms with Crippen LogP contribution in [0, 0.1) is 6.92 Å². The minimum absolute atomic E-state index is 0.308. The predicted molar refractivity (Wildman–Crippen MR) is 56.0 cm³/mol. The fourth-order valence-electron chi connectivity index (χ4n) is 1.20. The summed E-state index contributed by atoms with van der Waals surface area (Å²) in [5.41, 5.74) is 2.43. The van der Waals surface area contributed by atoms with Gasteiger partial charge in [-0.25, -0.2) is 4.79 Å². The van der Waals surface area contributed by atoms with Gasteiger partial charge in [0.15, 0.2) is 0 Å². The number of aryl methyl sites for hydroxylation is 1. The van der Waals surface area contributed by atoms with Gasteiger partial charge in [-0.15, -0.1) is 0 Å². The summed E-state index contributed by atoms with van der Waals surface area (Å²) in [5, 5.41) is 0. The van der Waals surface area contributed by atoms with Gasteiger partial charge < -0.3 is 4.74 Å². The van der Waals surface area contributed by atoms with Crippen molar-refractivity contribution in [2.45, 2.75) is 13.3 Å². The van der Waals surface area contributed by atoms with E-state index >= 15 is 0 Å². The lowest BCUT2D eigenvalue weighted by Gasteiger charge is -1.97. The summed E-state index contributed by atoms with van der Waals surface area (Å²) in [7, 11) is 1.37. The monoisotopic (exact) mass is 190 g/mol. The highest BCUT2D eigenvalue weighted by molar-refractivity contribution is 5.81. The van der Waals surface area contributed by atoms with Gasteiger partial charge in [0.05, 0.1) is 7.11 Å². The van der Waals surface area contributed by atoms with Crippen LogP contribution in [0.1, 0.15) is 11.1 Å². The molecule has 0 fully saturated rings. The SMILES string of the molecule is COC(=O)/C=C\Cc1cccc(C)c1. The fourth-order valence-corrected chi connectivity index (χ4v) is 1.20. The summed E-state index contributed by atoms with van der Waals surface area (Å²) in [5.74, 6) is -0.308. The van der Waals surface area contributed by atoms with E-state index in [1.54, 1.807) is 6.08 Å². The zero-order chi connectivity index (χ0) is 10.4. The zero-order valence-corrected chi connectivity index (χ0v) is 8.49. The molecule has 0 aliphatic carbocycles. The molecule has 2 nitrogen and oxygen atoms in total. The quantitative estimate of drug-likeness (QED) is 0.540. The summed E-state index contributed by atoms with van der Waals surface area (Å²) in [4.78, 5) is 10.8. The molecule has 14 heavy (non-hydrogen) atoms. The van der Waals surface area contributed by atoms with Crippen molar-refractivity contribution in [2.75, 3.05) is 7.11 Å². The summed E-state index contributed by atoms with van der Waals surface area (Å²) >= 11 is 0. The molecule has 0 saturated carbocycles. The van der Waals surface area contributed by atoms with Gasteiger partial charge in [-0.2, -0.15) is 0 Å². The van der Waals surface area contributed by atoms with Crippen molar-refractivity contribution in [3.8, 4) is 0 Å². The van der Waals surface area contributed by atoms with E-state index in [0.29, 0.717) is 0 Å². The first-order chi connectivity index (χ1) is 6.72. The molecule has 0 heterocycles. The Morgan fingerprint density at radius 3 is 2.93 bits per heavy atom. The number of ether oxygens (including phenoxy) is 1. The maximum Gasteiger partial charge on any atom is 0.330 e. The molecule has 0 aliphatic heterocycles. The molecule has 0 aromatic heterocycles. The lowest BCUT2D eigenvalue weighted by Crippen LogP contribution is -1.94. The Labute approximate surface area is 84.2 Å². The second kappa shape index (κ2) is 5.22. The van der Waals surface area contributed by atoms with Crippen LogP contribution in [0.15, 0.2) is 36.4 Å². The predicted octanol–water partition coefficient (Wildman–Crippen LogP) is 2.27. The van der Waals surface area contributed by atoms with Gasteiger partial charge in [0.1, 0.15) is 0 Å². The summed E-state index contributed by atoms with van der Waals surface area (Å²) in [6, 6.07) is 8.19. The molecule has 0 saturated heterocycles. The maximum atomic E-state index is 10.8. The number of esters is 1. The third-order valence-corrected chi connectivity index (χ3v) is 1.89. The first-order valence-corrected chi connectivity index (χ1v) is 4.52. The number of benzene rings is 1. The zero-order valence-electron chi connectivity index (χ0n) is 8.49. The first-order valence-electron chi connectivity index (χ1n) is 4.52. The van der Waals surface area contributed by atoms with Crippen molar-refractivity contribution in [3.63, 3.8) is 0 Å². The number of allylic oxidation sites excluding steroid dienone is 1. The molecule has 0 bridgehead atoms. The van der Waals surface area contributed by atoms with E-state index in [2.05, 4.69) is 10.8 Å². The van der Waals surface area contributed by atoms with Crippen molar-refractivity contribution in [3.05, 3.63) is 47.5 Å². The van der Waals surface area contributed by atoms with E-state index in [-0.39, 0.29) is 5.97 Å². The minimum atomic E-state index is -0.308. The van der Waals surface area contributed by atoms with E-state index in [1.807, 2.05) is 25.1 Å². The Morgan fingerprint density at radius 1 is 1.50 bits per heavy atom. The average molecular weight is 190 g/mol. The summed E-state index contributed by atoms with van der Waals surface area (Å²) in [6.07, 6.45) is 4.01. The Hall–Kier alpha value is -1.57. The van der Waals surface area contributed by atoms with E-state index in [9.17, 15) is 4.79 Å². The number of methoxy groups -OCH3 is 1. The van der Waals surface area contributed by atoms with Crippen LogP contribution in [0.5, 0.6) is 0 Å². The number of carbonyl (C=O) groups is 1. The number of rotatable bonds is 3. The number of carbonyl (C=O) groups excluding carboxylic acids is 1. The highest BCUT2D eigenvalue weighted by atomic mass is 16.5. The summed E-state index contributed by atoms with van der Waals surface area (Å²) in [6.45, 7) is 2.05. The van der Waals surface area contributed by atoms with Crippen LogP contribution in [0.2, 0.25) is 0 Å². The molecule has 0 aliphatic rings. The topological polar surface area (TPSA) is 26.3 Å². The third kappa shape index (κ3) is 3.44. The lowest BCUT2D eigenvalue weighted by atomic mass is 10.1. The number of hydrogen-bond acceptors (Lipinski definition) is 2. The van der Waals surface area contributed by atoms with Gasteiger partial charge in [-0.05, 0) is 18.9 Å². The molecule has 0 spiro atoms. The van der Waals surface area contributed by atoms with E-state index in [0.717, 1.165) is 6.42 Å². The molecule has 0 amide bonds. The van der Waals surface area contributed by atoms with Crippen LogP contribution in [0.25, 0.3) is 0 Å². The van der Waals surface area contributed by atoms with Crippen LogP contribution < -0.4 is 0 Å². The molecule has 1 aromatic carbocycles. The third-order valence-electron chi connectivity index (χ3n) is 1.89. The second-order valence-corrected chi connectivity index (χ2v) is 3.12. The molecule has 74 valence electrons. The van der Waals surface area contributed by atoms with Gasteiger partial charge >= 0.3 is 5.97 Å². The van der Waals surface area contributed by atoms with Crippen LogP contribution in [0.3, 0.4) is 0 Å². The van der Waals surface area contributed by atoms with E-state index < -0.39 is 0 Å². The Kier molecular flexibility index (Phi) is 3.92. The second-order valence-electron chi connectivity index (χ2n) is 3.12. The van der Waals surface area contributed by atoms with Crippen LogP contribution in [-0.4, -0.2) is 13.1 Å². The number of hydrogen-bond donors (Lipinski definition) is 0. The first kappa shape index (κ1) is 10.5. The van der Waals surface area contributed by atoms with Gasteiger partial charge in [0, 0.05) is 6.08 Å². The van der Waals surface area contributed by atoms with Gasteiger partial charge in [-0.1, -0.05) is 35.9 Å². The average Bonchev–Trinajstić information content (AvgIpc) is 2.17. The Morgan fingerprint density at radius 2 is 2.29 bits per heavy atom. The van der Waals surface area contributed by atoms with Crippen LogP contribution >= 0.6 is 0 Å². The van der Waals surface area contributed by atoms with Gasteiger partial charge in [-0.3, -0.25) is 0 Å². The molecule has 0 N–H and O–H groups in total. The molecule has 0 atom stereocenters. The van der Waals surface area contributed by atoms with E-state index in [4.69, 9.17) is 0 Å². The van der Waals surface area contributed by atoms with Gasteiger partial charge in [0.2, 0.25) is 0 Å². The lowest BCUT2D eigenvalue weighted by molar-refractivity contribution is -0.134. The molecule has 2 heteroatoms. The van der Waals surface area contributed by atoms with Crippen LogP contribution in [0.4, 0.5) is 0 Å². The molecule has 0 unspecified atom stereocenters. The fraction of sp³-hybridized carbons (Fsp3) is 0.250. The van der Waals surface area contributed by atoms with Crippen LogP contribution in [-0.2, 0) is 16.0 Å². The van der Waals surface area contributed by atoms with Crippen molar-refractivity contribution in [1.82, 2.24) is 0 Å². The Bertz CT molecular complexity index is 340. The van der Waals surface area contributed by atoms with Gasteiger partial charge in [0.25, 0.3) is 0 Å². The highest BCUT2D eigenvalue weighted by Crippen LogP contribution is 2.04. The minimum Gasteiger partial charge on any atom is -0.466 e. The van der Waals surface area contributed by atoms with Crippen molar-refractivity contribution in [1.29, 1.82) is 0 Å². The maximum absolute atomic E-state index is 10.8. The molecule has 1 rings (SSSR count). The molecular weight excluding hydrogens is 176 g/mol. The smallest absolute Gasteiger partial charge is 0.330 e.